The molecule has 0 aliphatic carbocycles. The number of hydrogen-bond acceptors (Lipinski definition) is 4. The third-order valence-electron chi connectivity index (χ3n) is 2.61. The highest BCUT2D eigenvalue weighted by Crippen LogP contribution is 2.18. The molecule has 0 unspecified atom stereocenters. The van der Waals surface area contributed by atoms with Crippen LogP contribution in [0.4, 0.5) is 0 Å². The smallest absolute Gasteiger partial charge is 0.335 e. The molecule has 7 heteroatoms. The van der Waals surface area contributed by atoms with Crippen LogP contribution in [-0.2, 0) is 22.6 Å². The maximum Gasteiger partial charge on any atom is 0.335 e. The van der Waals surface area contributed by atoms with Gasteiger partial charge in [0.15, 0.2) is 9.84 Å². The summed E-state index contributed by atoms with van der Waals surface area (Å²) in [6, 6.07) is 4.53. The Morgan fingerprint density at radius 3 is 2.67 bits per heavy atom. The van der Waals surface area contributed by atoms with Crippen LogP contribution in [-0.4, -0.2) is 35.3 Å². The predicted octanol–water partition coefficient (Wildman–Crippen LogP) is 0.816. The molecule has 18 heavy (non-hydrogen) atoms. The van der Waals surface area contributed by atoms with Crippen molar-refractivity contribution >= 4 is 26.8 Å². The lowest BCUT2D eigenvalue weighted by Gasteiger charge is -2.00. The summed E-state index contributed by atoms with van der Waals surface area (Å²) in [5.74, 6) is -0.803. The molecular weight excluding hydrogens is 256 g/mol. The average Bonchev–Trinajstić information content (AvgIpc) is 2.53. The number of carboxylic acids is 1. The van der Waals surface area contributed by atoms with Gasteiger partial charge in [0, 0.05) is 13.3 Å². The van der Waals surface area contributed by atoms with E-state index in [2.05, 4.69) is 4.98 Å². The van der Waals surface area contributed by atoms with Gasteiger partial charge in [0.25, 0.3) is 0 Å². The second-order valence-electron chi connectivity index (χ2n) is 4.17. The van der Waals surface area contributed by atoms with Crippen LogP contribution in [0.1, 0.15) is 16.2 Å². The van der Waals surface area contributed by atoms with E-state index in [0.717, 1.165) is 6.26 Å². The lowest BCUT2D eigenvalue weighted by Crippen LogP contribution is -2.06. The van der Waals surface area contributed by atoms with Crippen molar-refractivity contribution in [3.63, 3.8) is 0 Å². The highest BCUT2D eigenvalue weighted by Gasteiger charge is 2.14. The zero-order chi connectivity index (χ0) is 13.5. The van der Waals surface area contributed by atoms with Gasteiger partial charge < -0.3 is 9.67 Å². The molecule has 0 aliphatic heterocycles. The zero-order valence-corrected chi connectivity index (χ0v) is 10.7. The fourth-order valence-corrected chi connectivity index (χ4v) is 2.47. The van der Waals surface area contributed by atoms with Crippen molar-refractivity contribution in [1.29, 1.82) is 0 Å². The van der Waals surface area contributed by atoms with E-state index in [9.17, 15) is 13.2 Å². The Morgan fingerprint density at radius 2 is 2.11 bits per heavy atom. The zero-order valence-electron chi connectivity index (χ0n) is 9.91. The van der Waals surface area contributed by atoms with Gasteiger partial charge in [0.1, 0.15) is 11.6 Å². The molecule has 1 aromatic carbocycles. The normalized spacial score (nSPS) is 11.9. The van der Waals surface area contributed by atoms with Crippen LogP contribution in [0.15, 0.2) is 18.2 Å². The van der Waals surface area contributed by atoms with Crippen LogP contribution in [0, 0.1) is 0 Å². The van der Waals surface area contributed by atoms with Crippen molar-refractivity contribution in [2.75, 3.05) is 6.26 Å². The van der Waals surface area contributed by atoms with Crippen molar-refractivity contribution < 1.29 is 18.3 Å². The Labute approximate surface area is 104 Å². The van der Waals surface area contributed by atoms with E-state index in [-0.39, 0.29) is 11.3 Å². The number of fused-ring (bicyclic) bond motifs is 1. The number of hydrogen-bond donors (Lipinski definition) is 1. The monoisotopic (exact) mass is 268 g/mol. The molecule has 0 aliphatic rings. The first-order valence-corrected chi connectivity index (χ1v) is 7.20. The van der Waals surface area contributed by atoms with Crippen LogP contribution in [0.2, 0.25) is 0 Å². The molecule has 2 aromatic rings. The Balaban J connectivity index is 2.59. The van der Waals surface area contributed by atoms with Crippen molar-refractivity contribution in [1.82, 2.24) is 9.55 Å². The Bertz CT molecular complexity index is 731. The maximum absolute atomic E-state index is 11.3. The average molecular weight is 268 g/mol. The fourth-order valence-electron chi connectivity index (χ4n) is 1.75. The fraction of sp³-hybridized carbons (Fsp3) is 0.273. The minimum Gasteiger partial charge on any atom is -0.478 e. The number of carbonyl (C=O) groups is 1. The first kappa shape index (κ1) is 12.6. The van der Waals surface area contributed by atoms with Crippen molar-refractivity contribution in [3.05, 3.63) is 29.6 Å². The van der Waals surface area contributed by atoms with Gasteiger partial charge in [0.2, 0.25) is 0 Å². The molecule has 0 atom stereocenters. The quantitative estimate of drug-likeness (QED) is 0.890. The lowest BCUT2D eigenvalue weighted by atomic mass is 10.2. The predicted molar refractivity (Wildman–Crippen MR) is 66.2 cm³/mol. The molecule has 96 valence electrons. The molecule has 0 amide bonds. The van der Waals surface area contributed by atoms with Crippen LogP contribution in [0.5, 0.6) is 0 Å². The van der Waals surface area contributed by atoms with E-state index in [1.165, 1.54) is 12.1 Å². The highest BCUT2D eigenvalue weighted by atomic mass is 32.2. The van der Waals surface area contributed by atoms with Gasteiger partial charge >= 0.3 is 5.97 Å². The van der Waals surface area contributed by atoms with Gasteiger partial charge in [-0.1, -0.05) is 0 Å². The number of sulfone groups is 1. The number of aryl methyl sites for hydroxylation is 1. The number of benzene rings is 1. The second kappa shape index (κ2) is 4.09. The van der Waals surface area contributed by atoms with Gasteiger partial charge in [0.05, 0.1) is 16.6 Å². The third-order valence-corrected chi connectivity index (χ3v) is 3.39. The van der Waals surface area contributed by atoms with Crippen molar-refractivity contribution in [2.24, 2.45) is 7.05 Å². The van der Waals surface area contributed by atoms with Gasteiger partial charge in [-0.2, -0.15) is 0 Å². The molecule has 0 radical (unpaired) electrons. The second-order valence-corrected chi connectivity index (χ2v) is 6.31. The molecule has 1 heterocycles. The molecule has 6 nitrogen and oxygen atoms in total. The van der Waals surface area contributed by atoms with Gasteiger partial charge in [-0.3, -0.25) is 0 Å². The Morgan fingerprint density at radius 1 is 1.44 bits per heavy atom. The van der Waals surface area contributed by atoms with E-state index in [0.29, 0.717) is 16.9 Å². The van der Waals surface area contributed by atoms with Crippen LogP contribution in [0.25, 0.3) is 11.0 Å². The highest BCUT2D eigenvalue weighted by molar-refractivity contribution is 7.89. The summed E-state index contributed by atoms with van der Waals surface area (Å²) < 4.78 is 24.2. The van der Waals surface area contributed by atoms with E-state index in [1.807, 2.05) is 0 Å². The maximum atomic E-state index is 11.3. The number of rotatable bonds is 3. The molecule has 0 saturated carbocycles. The minimum absolute atomic E-state index is 0.131. The van der Waals surface area contributed by atoms with Gasteiger partial charge in [-0.25, -0.2) is 18.2 Å². The summed E-state index contributed by atoms with van der Waals surface area (Å²) in [6.45, 7) is 0. The summed E-state index contributed by atoms with van der Waals surface area (Å²) in [5, 5.41) is 8.88. The first-order valence-electron chi connectivity index (χ1n) is 5.14. The van der Waals surface area contributed by atoms with Gasteiger partial charge in [-0.05, 0) is 18.2 Å². The Kier molecular flexibility index (Phi) is 2.86. The number of imidazole rings is 1. The number of carboxylic acid groups (broad SMARTS) is 1. The van der Waals surface area contributed by atoms with E-state index in [1.54, 1.807) is 17.7 Å². The van der Waals surface area contributed by atoms with E-state index >= 15 is 0 Å². The van der Waals surface area contributed by atoms with Crippen LogP contribution < -0.4 is 0 Å². The lowest BCUT2D eigenvalue weighted by molar-refractivity contribution is 0.0697. The summed E-state index contributed by atoms with van der Waals surface area (Å²) >= 11 is 0. The molecule has 2 rings (SSSR count). The standard InChI is InChI=1S/C11H12N2O4S/c1-13-9-4-3-7(11(14)15)5-8(9)12-10(13)6-18(2,16)17/h3-5H,6H2,1-2H3,(H,14,15). The minimum atomic E-state index is -3.17. The first-order chi connectivity index (χ1) is 8.28. The third kappa shape index (κ3) is 2.35. The topological polar surface area (TPSA) is 89.3 Å². The van der Waals surface area contributed by atoms with Gasteiger partial charge in [-0.15, -0.1) is 0 Å². The van der Waals surface area contributed by atoms with E-state index < -0.39 is 15.8 Å². The van der Waals surface area contributed by atoms with E-state index in [4.69, 9.17) is 5.11 Å². The summed E-state index contributed by atoms with van der Waals surface area (Å²) in [4.78, 5) is 15.0. The molecule has 1 aromatic heterocycles. The molecule has 1 N–H and O–H groups in total. The molecule has 0 spiro atoms. The summed E-state index contributed by atoms with van der Waals surface area (Å²) in [7, 11) is -1.47. The number of aromatic carboxylic acids is 1. The van der Waals surface area contributed by atoms with Crippen molar-refractivity contribution in [3.8, 4) is 0 Å². The Hall–Kier alpha value is -1.89. The molecule has 0 saturated heterocycles. The summed E-state index contributed by atoms with van der Waals surface area (Å²) in [6.07, 6.45) is 1.13. The largest absolute Gasteiger partial charge is 0.478 e. The molecule has 0 fully saturated rings. The molecule has 0 bridgehead atoms. The van der Waals surface area contributed by atoms with Crippen LogP contribution >= 0.6 is 0 Å². The summed E-state index contributed by atoms with van der Waals surface area (Å²) in [5.41, 5.74) is 1.32. The van der Waals surface area contributed by atoms with Crippen LogP contribution in [0.3, 0.4) is 0 Å². The number of nitrogens with zero attached hydrogens (tertiary/aromatic N) is 2. The SMILES string of the molecule is Cn1c(CS(C)(=O)=O)nc2cc(C(=O)O)ccc21. The molecular formula is C11H12N2O4S. The number of aromatic nitrogens is 2. The van der Waals surface area contributed by atoms with Crippen molar-refractivity contribution in [2.45, 2.75) is 5.75 Å².